The topological polar surface area (TPSA) is 115 Å². The molecule has 1 aromatic carbocycles. The van der Waals surface area contributed by atoms with E-state index in [-0.39, 0.29) is 0 Å². The highest BCUT2D eigenvalue weighted by Crippen LogP contribution is 2.30. The molecule has 2 amide bonds. The quantitative estimate of drug-likeness (QED) is 0.660. The maximum Gasteiger partial charge on any atom is 0.316 e. The summed E-state index contributed by atoms with van der Waals surface area (Å²) in [6.45, 7) is 0. The number of amides is 2. The van der Waals surface area contributed by atoms with Crippen LogP contribution in [0.3, 0.4) is 0 Å². The van der Waals surface area contributed by atoms with Crippen LogP contribution in [0.15, 0.2) is 54.9 Å². The normalized spacial score (nSPS) is 10.1. The maximum atomic E-state index is 10.9. The highest BCUT2D eigenvalue weighted by atomic mass is 16.5. The van der Waals surface area contributed by atoms with Gasteiger partial charge in [0, 0.05) is 25.1 Å². The molecule has 0 radical (unpaired) electrons. The lowest BCUT2D eigenvalue weighted by Crippen LogP contribution is -2.19. The molecule has 0 atom stereocenters. The molecule has 3 rings (SSSR count). The van der Waals surface area contributed by atoms with Gasteiger partial charge >= 0.3 is 6.03 Å². The van der Waals surface area contributed by atoms with Gasteiger partial charge in [-0.05, 0) is 42.5 Å². The van der Waals surface area contributed by atoms with Crippen molar-refractivity contribution in [1.82, 2.24) is 15.0 Å². The van der Waals surface area contributed by atoms with E-state index in [1.165, 1.54) is 0 Å². The number of anilines is 2. The predicted molar refractivity (Wildman–Crippen MR) is 94.5 cm³/mol. The molecule has 25 heavy (non-hydrogen) atoms. The standard InChI is InChI=1S/C17H16N6O2/c1-19-17-21-10-8-14(23-17)13-3-2-9-20-15(13)25-12-6-4-11(5-7-12)22-16(18)24/h2-10H,1H3,(H3,18,22,24)(H,19,21,23). The number of ether oxygens (including phenoxy) is 1. The van der Waals surface area contributed by atoms with Crippen molar-refractivity contribution in [2.45, 2.75) is 0 Å². The van der Waals surface area contributed by atoms with Gasteiger partial charge in [-0.3, -0.25) is 0 Å². The number of nitrogens with zero attached hydrogens (tertiary/aromatic N) is 3. The summed E-state index contributed by atoms with van der Waals surface area (Å²) in [4.78, 5) is 23.6. The Kier molecular flexibility index (Phi) is 4.70. The number of primary amides is 1. The molecule has 2 aromatic heterocycles. The molecule has 8 nitrogen and oxygen atoms in total. The van der Waals surface area contributed by atoms with Crippen LogP contribution in [0, 0.1) is 0 Å². The van der Waals surface area contributed by atoms with E-state index in [1.807, 2.05) is 12.1 Å². The first kappa shape index (κ1) is 16.2. The van der Waals surface area contributed by atoms with E-state index in [4.69, 9.17) is 10.5 Å². The summed E-state index contributed by atoms with van der Waals surface area (Å²) in [6.07, 6.45) is 3.30. The minimum atomic E-state index is -0.621. The minimum Gasteiger partial charge on any atom is -0.438 e. The van der Waals surface area contributed by atoms with Crippen LogP contribution in [0.5, 0.6) is 11.6 Å². The zero-order valence-corrected chi connectivity index (χ0v) is 13.4. The number of nitrogens with one attached hydrogen (secondary N) is 2. The van der Waals surface area contributed by atoms with E-state index in [0.717, 1.165) is 5.56 Å². The van der Waals surface area contributed by atoms with Gasteiger partial charge in [0.05, 0.1) is 11.3 Å². The van der Waals surface area contributed by atoms with Gasteiger partial charge in [0.2, 0.25) is 11.8 Å². The molecule has 0 aliphatic heterocycles. The van der Waals surface area contributed by atoms with Gasteiger partial charge in [0.25, 0.3) is 0 Å². The van der Waals surface area contributed by atoms with Crippen molar-refractivity contribution in [1.29, 1.82) is 0 Å². The van der Waals surface area contributed by atoms with Gasteiger partial charge in [0.1, 0.15) is 5.75 Å². The fourth-order valence-electron chi connectivity index (χ4n) is 2.16. The van der Waals surface area contributed by atoms with Gasteiger partial charge in [-0.2, -0.15) is 0 Å². The average Bonchev–Trinajstić information content (AvgIpc) is 2.63. The monoisotopic (exact) mass is 336 g/mol. The summed E-state index contributed by atoms with van der Waals surface area (Å²) in [6, 6.07) is 11.6. The summed E-state index contributed by atoms with van der Waals surface area (Å²) in [7, 11) is 1.75. The summed E-state index contributed by atoms with van der Waals surface area (Å²) in [5.74, 6) is 1.49. The van der Waals surface area contributed by atoms with E-state index in [0.29, 0.717) is 29.0 Å². The second-order valence-electron chi connectivity index (χ2n) is 4.99. The molecule has 0 aliphatic carbocycles. The molecule has 126 valence electrons. The fourth-order valence-corrected chi connectivity index (χ4v) is 2.16. The SMILES string of the molecule is CNc1nccc(-c2cccnc2Oc2ccc(NC(N)=O)cc2)n1. The van der Waals surface area contributed by atoms with Crippen LogP contribution in [0.1, 0.15) is 0 Å². The van der Waals surface area contributed by atoms with Crippen molar-refractivity contribution in [3.63, 3.8) is 0 Å². The number of aromatic nitrogens is 3. The molecule has 8 heteroatoms. The van der Waals surface area contributed by atoms with Crippen LogP contribution in [0.25, 0.3) is 11.3 Å². The number of carbonyl (C=O) groups is 1. The first-order chi connectivity index (χ1) is 12.2. The van der Waals surface area contributed by atoms with Crippen LogP contribution in [0.4, 0.5) is 16.4 Å². The Morgan fingerprint density at radius 2 is 1.88 bits per heavy atom. The predicted octanol–water partition coefficient (Wildman–Crippen LogP) is 2.86. The van der Waals surface area contributed by atoms with Crippen molar-refractivity contribution in [2.75, 3.05) is 17.7 Å². The molecule has 0 saturated carbocycles. The number of carbonyl (C=O) groups excluding carboxylic acids is 1. The molecule has 2 heterocycles. The Balaban J connectivity index is 1.87. The van der Waals surface area contributed by atoms with E-state index < -0.39 is 6.03 Å². The number of benzene rings is 1. The second-order valence-corrected chi connectivity index (χ2v) is 4.99. The molecular weight excluding hydrogens is 320 g/mol. The number of urea groups is 1. The lowest BCUT2D eigenvalue weighted by atomic mass is 10.2. The van der Waals surface area contributed by atoms with Crippen LogP contribution < -0.4 is 21.1 Å². The third-order valence-electron chi connectivity index (χ3n) is 3.26. The first-order valence-corrected chi connectivity index (χ1v) is 7.46. The van der Waals surface area contributed by atoms with Gasteiger partial charge < -0.3 is 21.1 Å². The van der Waals surface area contributed by atoms with Crippen LogP contribution in [-0.2, 0) is 0 Å². The second kappa shape index (κ2) is 7.26. The molecule has 0 fully saturated rings. The van der Waals surface area contributed by atoms with E-state index >= 15 is 0 Å². The summed E-state index contributed by atoms with van der Waals surface area (Å²) < 4.78 is 5.86. The third-order valence-corrected chi connectivity index (χ3v) is 3.26. The van der Waals surface area contributed by atoms with E-state index in [1.54, 1.807) is 49.8 Å². The first-order valence-electron chi connectivity index (χ1n) is 7.46. The molecule has 0 saturated heterocycles. The lowest BCUT2D eigenvalue weighted by Gasteiger charge is -2.10. The van der Waals surface area contributed by atoms with Crippen LogP contribution in [0.2, 0.25) is 0 Å². The summed E-state index contributed by atoms with van der Waals surface area (Å²) in [5.41, 5.74) is 7.09. The van der Waals surface area contributed by atoms with Crippen molar-refractivity contribution in [3.8, 4) is 22.9 Å². The van der Waals surface area contributed by atoms with Crippen LogP contribution >= 0.6 is 0 Å². The van der Waals surface area contributed by atoms with Gasteiger partial charge in [-0.25, -0.2) is 19.7 Å². The summed E-state index contributed by atoms with van der Waals surface area (Å²) >= 11 is 0. The Morgan fingerprint density at radius 1 is 1.08 bits per heavy atom. The number of hydrogen-bond donors (Lipinski definition) is 3. The molecule has 3 aromatic rings. The van der Waals surface area contributed by atoms with Crippen LogP contribution in [-0.4, -0.2) is 28.0 Å². The molecule has 0 unspecified atom stereocenters. The minimum absolute atomic E-state index is 0.416. The van der Waals surface area contributed by atoms with E-state index in [2.05, 4.69) is 25.6 Å². The highest BCUT2D eigenvalue weighted by molar-refractivity contribution is 5.87. The molecule has 0 aliphatic rings. The Bertz CT molecular complexity index is 882. The number of hydrogen-bond acceptors (Lipinski definition) is 6. The lowest BCUT2D eigenvalue weighted by molar-refractivity contribution is 0.259. The van der Waals surface area contributed by atoms with Gasteiger partial charge in [0.15, 0.2) is 0 Å². The van der Waals surface area contributed by atoms with Crippen molar-refractivity contribution >= 4 is 17.7 Å². The number of rotatable bonds is 5. The van der Waals surface area contributed by atoms with Crippen molar-refractivity contribution in [2.24, 2.45) is 5.73 Å². The number of pyridine rings is 1. The largest absolute Gasteiger partial charge is 0.438 e. The summed E-state index contributed by atoms with van der Waals surface area (Å²) in [5, 5.41) is 5.39. The smallest absolute Gasteiger partial charge is 0.316 e. The van der Waals surface area contributed by atoms with Crippen molar-refractivity contribution in [3.05, 3.63) is 54.9 Å². The van der Waals surface area contributed by atoms with Crippen molar-refractivity contribution < 1.29 is 9.53 Å². The van der Waals surface area contributed by atoms with Gasteiger partial charge in [-0.15, -0.1) is 0 Å². The van der Waals surface area contributed by atoms with Gasteiger partial charge in [-0.1, -0.05) is 0 Å². The highest BCUT2D eigenvalue weighted by Gasteiger charge is 2.11. The molecule has 0 spiro atoms. The third kappa shape index (κ3) is 3.99. The fraction of sp³-hybridized carbons (Fsp3) is 0.0588. The molecular formula is C17H16N6O2. The van der Waals surface area contributed by atoms with E-state index in [9.17, 15) is 4.79 Å². The molecule has 0 bridgehead atoms. The molecule has 4 N–H and O–H groups in total. The zero-order chi connectivity index (χ0) is 17.6. The number of nitrogens with two attached hydrogens (primary N) is 1. The Labute approximate surface area is 144 Å². The Morgan fingerprint density at radius 3 is 2.60 bits per heavy atom. The zero-order valence-electron chi connectivity index (χ0n) is 13.4. The maximum absolute atomic E-state index is 10.9. The Hall–Kier alpha value is -3.68. The average molecular weight is 336 g/mol.